The predicted octanol–water partition coefficient (Wildman–Crippen LogP) is 11.5. The lowest BCUT2D eigenvalue weighted by molar-refractivity contribution is 1.28. The molecule has 0 unspecified atom stereocenters. The van der Waals surface area contributed by atoms with Crippen molar-refractivity contribution in [2.75, 3.05) is 4.90 Å². The van der Waals surface area contributed by atoms with Crippen molar-refractivity contribution < 1.29 is 0 Å². The summed E-state index contributed by atoms with van der Waals surface area (Å²) in [5, 5.41) is 5.44. The fraction of sp³-hybridized carbons (Fsp3) is 0. The Bertz CT molecular complexity index is 2530. The van der Waals surface area contributed by atoms with Crippen LogP contribution in [0.5, 0.6) is 0 Å². The van der Waals surface area contributed by atoms with Crippen LogP contribution in [0.25, 0.3) is 33.4 Å². The van der Waals surface area contributed by atoms with Crippen LogP contribution in [0.2, 0.25) is 0 Å². The Labute approximate surface area is 331 Å². The molecule has 2 heteroatoms. The van der Waals surface area contributed by atoms with Gasteiger partial charge in [0.2, 0.25) is 0 Å². The highest BCUT2D eigenvalue weighted by Crippen LogP contribution is 2.37. The van der Waals surface area contributed by atoms with E-state index in [-0.39, 0.29) is 0 Å². The van der Waals surface area contributed by atoms with Crippen LogP contribution in [0.3, 0.4) is 0 Å². The Morgan fingerprint density at radius 1 is 0.214 bits per heavy atom. The molecule has 9 aromatic rings. The van der Waals surface area contributed by atoms with Crippen molar-refractivity contribution in [3.05, 3.63) is 249 Å². The number of nitrogens with zero attached hydrogens (tertiary/aromatic N) is 1. The molecule has 0 aliphatic carbocycles. The zero-order valence-corrected chi connectivity index (χ0v) is 32.1. The number of hydrogen-bond donors (Lipinski definition) is 0. The van der Waals surface area contributed by atoms with Gasteiger partial charge in [-0.15, -0.1) is 0 Å². The summed E-state index contributed by atoms with van der Waals surface area (Å²) in [6, 6.07) is 90.7. The first-order chi connectivity index (χ1) is 27.8. The Morgan fingerprint density at radius 2 is 0.482 bits per heavy atom. The maximum Gasteiger partial charge on any atom is 0.179 e. The maximum atomic E-state index is 2.38. The van der Waals surface area contributed by atoms with E-state index in [9.17, 15) is 0 Å². The monoisotopic (exact) mass is 731 g/mol. The van der Waals surface area contributed by atoms with Gasteiger partial charge < -0.3 is 4.90 Å². The molecule has 0 aliphatic heterocycles. The van der Waals surface area contributed by atoms with Gasteiger partial charge >= 0.3 is 0 Å². The van der Waals surface area contributed by atoms with Crippen LogP contribution in [0.4, 0.5) is 17.1 Å². The van der Waals surface area contributed by atoms with E-state index in [1.165, 1.54) is 54.1 Å². The first kappa shape index (κ1) is 34.7. The third kappa shape index (κ3) is 6.79. The second kappa shape index (κ2) is 15.8. The van der Waals surface area contributed by atoms with Gasteiger partial charge in [-0.3, -0.25) is 0 Å². The van der Waals surface area contributed by atoms with Gasteiger partial charge in [-0.05, 0) is 96.6 Å². The Balaban J connectivity index is 1.15. The average molecular weight is 732 g/mol. The number of anilines is 3. The highest BCUT2D eigenvalue weighted by Gasteiger charge is 2.41. The molecule has 0 N–H and O–H groups in total. The molecule has 0 fully saturated rings. The van der Waals surface area contributed by atoms with Gasteiger partial charge in [-0.25, -0.2) is 0 Å². The van der Waals surface area contributed by atoms with Crippen LogP contribution in [-0.2, 0) is 0 Å². The predicted molar refractivity (Wildman–Crippen MR) is 241 cm³/mol. The minimum atomic E-state index is -2.65. The molecular weight excluding hydrogens is 691 g/mol. The number of hydrogen-bond acceptors (Lipinski definition) is 1. The van der Waals surface area contributed by atoms with E-state index in [4.69, 9.17) is 0 Å². The molecule has 0 atom stereocenters. The summed E-state index contributed by atoms with van der Waals surface area (Å²) in [6.07, 6.45) is 0. The van der Waals surface area contributed by atoms with E-state index in [1.54, 1.807) is 0 Å². The quantitative estimate of drug-likeness (QED) is 0.1000. The van der Waals surface area contributed by atoms with Gasteiger partial charge in [0.1, 0.15) is 0 Å². The lowest BCUT2D eigenvalue weighted by atomic mass is 9.99. The van der Waals surface area contributed by atoms with Gasteiger partial charge in [-0.1, -0.05) is 206 Å². The number of benzene rings is 9. The topological polar surface area (TPSA) is 3.24 Å². The molecule has 0 amide bonds. The maximum absolute atomic E-state index is 2.65. The van der Waals surface area contributed by atoms with E-state index in [1.807, 2.05) is 0 Å². The highest BCUT2D eigenvalue weighted by molar-refractivity contribution is 7.19. The van der Waals surface area contributed by atoms with Crippen molar-refractivity contribution in [1.29, 1.82) is 0 Å². The first-order valence-corrected chi connectivity index (χ1v) is 21.3. The molecule has 0 spiro atoms. The van der Waals surface area contributed by atoms with Crippen LogP contribution in [0.15, 0.2) is 249 Å². The minimum absolute atomic E-state index is 1.10. The van der Waals surface area contributed by atoms with Crippen molar-refractivity contribution in [2.24, 2.45) is 0 Å². The summed E-state index contributed by atoms with van der Waals surface area (Å²) in [5.41, 5.74) is 10.5. The zero-order chi connectivity index (χ0) is 37.6. The highest BCUT2D eigenvalue weighted by atomic mass is 28.3. The summed E-state index contributed by atoms with van der Waals surface area (Å²) in [6.45, 7) is 0. The third-order valence-corrected chi connectivity index (χ3v) is 15.6. The summed E-state index contributed by atoms with van der Waals surface area (Å²) >= 11 is 0. The second-order valence-corrected chi connectivity index (χ2v) is 17.9. The Kier molecular flexibility index (Phi) is 9.78. The molecule has 56 heavy (non-hydrogen) atoms. The van der Waals surface area contributed by atoms with Crippen LogP contribution in [0.1, 0.15) is 0 Å². The lowest BCUT2D eigenvalue weighted by Crippen LogP contribution is -2.74. The fourth-order valence-electron chi connectivity index (χ4n) is 8.12. The van der Waals surface area contributed by atoms with E-state index in [0.29, 0.717) is 0 Å². The number of rotatable bonds is 10. The van der Waals surface area contributed by atoms with Gasteiger partial charge in [0.05, 0.1) is 0 Å². The van der Waals surface area contributed by atoms with Crippen molar-refractivity contribution in [2.45, 2.75) is 0 Å². The van der Waals surface area contributed by atoms with Crippen LogP contribution in [0, 0.1) is 0 Å². The summed E-state index contributed by atoms with van der Waals surface area (Å²) in [5.74, 6) is 0. The first-order valence-electron chi connectivity index (χ1n) is 19.3. The van der Waals surface area contributed by atoms with Crippen LogP contribution in [-0.4, -0.2) is 8.07 Å². The smallest absolute Gasteiger partial charge is 0.179 e. The summed E-state index contributed by atoms with van der Waals surface area (Å²) in [4.78, 5) is 2.37. The minimum Gasteiger partial charge on any atom is -0.311 e. The van der Waals surface area contributed by atoms with E-state index in [0.717, 1.165) is 17.1 Å². The van der Waals surface area contributed by atoms with Crippen LogP contribution >= 0.6 is 0 Å². The van der Waals surface area contributed by atoms with E-state index in [2.05, 4.69) is 254 Å². The van der Waals surface area contributed by atoms with Gasteiger partial charge in [-0.2, -0.15) is 0 Å². The second-order valence-electron chi connectivity index (χ2n) is 14.1. The van der Waals surface area contributed by atoms with Gasteiger partial charge in [0, 0.05) is 17.1 Å². The van der Waals surface area contributed by atoms with Crippen molar-refractivity contribution in [1.82, 2.24) is 0 Å². The molecular formula is C54H41NSi. The molecule has 0 radical (unpaired) electrons. The van der Waals surface area contributed by atoms with Crippen molar-refractivity contribution >= 4 is 45.9 Å². The van der Waals surface area contributed by atoms with Crippen molar-refractivity contribution in [3.8, 4) is 33.4 Å². The SMILES string of the molecule is c1ccc(-c2ccc(N(c3ccc(-c4cccc(-c5ccccc5)c4)cc3)c3ccc([Si](c4ccccc4)(c4ccccc4)c4ccccc4)cc3)cc2)cc1. The summed E-state index contributed by atoms with van der Waals surface area (Å²) < 4.78 is 0. The fourth-order valence-corrected chi connectivity index (χ4v) is 12.9. The standard InChI is InChI=1S/C54H41NSi/c1-6-17-42(18-7-1)44-29-33-48(34-30-44)55(49-35-31-45(32-36-49)47-22-16-21-46(41-47)43-19-8-2-9-20-43)50-37-39-54(40-38-50)56(51-23-10-3-11-24-51,52-25-12-4-13-26-52)53-27-14-5-15-28-53/h1-41H. The largest absolute Gasteiger partial charge is 0.311 e. The molecule has 0 bridgehead atoms. The molecule has 0 heterocycles. The summed E-state index contributed by atoms with van der Waals surface area (Å²) in [7, 11) is -2.65. The molecule has 0 aromatic heterocycles. The van der Waals surface area contributed by atoms with Gasteiger partial charge in [0.15, 0.2) is 8.07 Å². The molecule has 0 aliphatic rings. The molecule has 0 saturated heterocycles. The van der Waals surface area contributed by atoms with Crippen molar-refractivity contribution in [3.63, 3.8) is 0 Å². The molecule has 9 aromatic carbocycles. The van der Waals surface area contributed by atoms with E-state index < -0.39 is 8.07 Å². The van der Waals surface area contributed by atoms with E-state index >= 15 is 0 Å². The Morgan fingerprint density at radius 3 is 0.875 bits per heavy atom. The zero-order valence-electron chi connectivity index (χ0n) is 31.1. The molecule has 9 rings (SSSR count). The van der Waals surface area contributed by atoms with Gasteiger partial charge in [0.25, 0.3) is 0 Å². The third-order valence-electron chi connectivity index (χ3n) is 10.8. The van der Waals surface area contributed by atoms with Crippen LogP contribution < -0.4 is 25.6 Å². The lowest BCUT2D eigenvalue weighted by Gasteiger charge is -2.35. The molecule has 266 valence electrons. The normalized spacial score (nSPS) is 11.2. The Hall–Kier alpha value is -7.00. The average Bonchev–Trinajstić information content (AvgIpc) is 3.29. The molecule has 1 nitrogen and oxygen atoms in total. The molecule has 0 saturated carbocycles.